The minimum absolute atomic E-state index is 0.0791. The largest absolute Gasteiger partial charge is 0.353 e. The number of amides is 1. The number of carbonyl (C=O) groups is 1. The third-order valence-electron chi connectivity index (χ3n) is 3.14. The molecule has 1 amide bonds. The fraction of sp³-hybridized carbons (Fsp3) is 0.533. The second-order valence-corrected chi connectivity index (χ2v) is 5.07. The molecule has 4 heteroatoms. The Morgan fingerprint density at radius 1 is 1.32 bits per heavy atom. The number of carbonyl (C=O) groups excluding carboxylic acids is 1. The van der Waals surface area contributed by atoms with Crippen LogP contribution in [0.2, 0.25) is 0 Å². The van der Waals surface area contributed by atoms with Gasteiger partial charge in [0.25, 0.3) is 0 Å². The normalized spacial score (nSPS) is 12.5. The molecule has 106 valence electrons. The summed E-state index contributed by atoms with van der Waals surface area (Å²) in [7, 11) is 1.95. The highest BCUT2D eigenvalue weighted by molar-refractivity contribution is 5.78. The molecular formula is C15H25N3O. The second kappa shape index (κ2) is 7.92. The van der Waals surface area contributed by atoms with Crippen molar-refractivity contribution in [3.05, 3.63) is 35.4 Å². The molecule has 1 rings (SSSR count). The van der Waals surface area contributed by atoms with Crippen molar-refractivity contribution in [2.75, 3.05) is 13.6 Å². The molecule has 3 N–H and O–H groups in total. The molecule has 1 atom stereocenters. The molecule has 1 unspecified atom stereocenters. The van der Waals surface area contributed by atoms with E-state index in [1.54, 1.807) is 0 Å². The summed E-state index contributed by atoms with van der Waals surface area (Å²) in [5.74, 6) is 0.0791. The number of likely N-dealkylation sites (N-methyl/N-ethyl adjacent to an activating group) is 1. The number of nitrogens with one attached hydrogen (secondary N) is 1. The van der Waals surface area contributed by atoms with E-state index in [-0.39, 0.29) is 11.9 Å². The van der Waals surface area contributed by atoms with Crippen molar-refractivity contribution in [1.29, 1.82) is 0 Å². The highest BCUT2D eigenvalue weighted by atomic mass is 16.2. The van der Waals surface area contributed by atoms with Gasteiger partial charge in [0.05, 0.1) is 6.54 Å². The number of hydrogen-bond acceptors (Lipinski definition) is 3. The zero-order valence-electron chi connectivity index (χ0n) is 12.1. The number of nitrogens with two attached hydrogens (primary N) is 1. The molecule has 4 nitrogen and oxygen atoms in total. The first kappa shape index (κ1) is 15.7. The van der Waals surface area contributed by atoms with Gasteiger partial charge in [-0.1, -0.05) is 31.2 Å². The first-order valence-corrected chi connectivity index (χ1v) is 6.81. The van der Waals surface area contributed by atoms with E-state index < -0.39 is 0 Å². The Morgan fingerprint density at radius 3 is 2.42 bits per heavy atom. The van der Waals surface area contributed by atoms with Crippen LogP contribution in [0, 0.1) is 0 Å². The van der Waals surface area contributed by atoms with E-state index in [9.17, 15) is 4.79 Å². The summed E-state index contributed by atoms with van der Waals surface area (Å²) in [6.07, 6.45) is 0.954. The molecule has 0 aromatic heterocycles. The van der Waals surface area contributed by atoms with E-state index in [2.05, 4.69) is 24.4 Å². The molecule has 19 heavy (non-hydrogen) atoms. The van der Waals surface area contributed by atoms with Crippen LogP contribution in [0.4, 0.5) is 0 Å². The van der Waals surface area contributed by atoms with E-state index in [4.69, 9.17) is 5.73 Å². The molecule has 1 aromatic carbocycles. The van der Waals surface area contributed by atoms with Gasteiger partial charge in [-0.3, -0.25) is 9.69 Å². The van der Waals surface area contributed by atoms with Gasteiger partial charge in [-0.05, 0) is 31.5 Å². The van der Waals surface area contributed by atoms with Crippen LogP contribution < -0.4 is 11.1 Å². The van der Waals surface area contributed by atoms with E-state index >= 15 is 0 Å². The van der Waals surface area contributed by atoms with E-state index in [1.165, 1.54) is 5.56 Å². The van der Waals surface area contributed by atoms with Gasteiger partial charge in [0.1, 0.15) is 0 Å². The average Bonchev–Trinajstić information content (AvgIpc) is 2.39. The van der Waals surface area contributed by atoms with Gasteiger partial charge >= 0.3 is 0 Å². The predicted molar refractivity (Wildman–Crippen MR) is 78.6 cm³/mol. The van der Waals surface area contributed by atoms with Gasteiger partial charge in [0.2, 0.25) is 5.91 Å². The van der Waals surface area contributed by atoms with Gasteiger partial charge in [0, 0.05) is 19.1 Å². The average molecular weight is 263 g/mol. The van der Waals surface area contributed by atoms with Gasteiger partial charge in [0.15, 0.2) is 0 Å². The zero-order valence-corrected chi connectivity index (χ0v) is 12.1. The lowest BCUT2D eigenvalue weighted by Crippen LogP contribution is -2.39. The van der Waals surface area contributed by atoms with Crippen LogP contribution in [0.1, 0.15) is 31.4 Å². The van der Waals surface area contributed by atoms with Crippen LogP contribution in [-0.2, 0) is 17.9 Å². The summed E-state index contributed by atoms with van der Waals surface area (Å²) in [6.45, 7) is 5.83. The Kier molecular flexibility index (Phi) is 6.53. The quantitative estimate of drug-likeness (QED) is 0.783. The summed E-state index contributed by atoms with van der Waals surface area (Å²) >= 11 is 0. The summed E-state index contributed by atoms with van der Waals surface area (Å²) in [5, 5.41) is 2.97. The highest BCUT2D eigenvalue weighted by Gasteiger charge is 2.09. The Balaban J connectivity index is 2.41. The maximum atomic E-state index is 11.7. The van der Waals surface area contributed by atoms with Crippen molar-refractivity contribution in [1.82, 2.24) is 10.2 Å². The van der Waals surface area contributed by atoms with Crippen molar-refractivity contribution in [2.24, 2.45) is 5.73 Å². The SMILES string of the molecule is CCC(C)NC(=O)CN(C)Cc1ccc(CN)cc1. The van der Waals surface area contributed by atoms with Crippen molar-refractivity contribution in [3.63, 3.8) is 0 Å². The number of hydrogen-bond donors (Lipinski definition) is 2. The number of benzene rings is 1. The summed E-state index contributed by atoms with van der Waals surface area (Å²) < 4.78 is 0. The van der Waals surface area contributed by atoms with E-state index in [0.29, 0.717) is 13.1 Å². The Hall–Kier alpha value is -1.39. The van der Waals surface area contributed by atoms with E-state index in [0.717, 1.165) is 18.5 Å². The smallest absolute Gasteiger partial charge is 0.234 e. The van der Waals surface area contributed by atoms with Crippen LogP contribution >= 0.6 is 0 Å². The van der Waals surface area contributed by atoms with Crippen LogP contribution in [-0.4, -0.2) is 30.4 Å². The lowest BCUT2D eigenvalue weighted by atomic mass is 10.1. The molecule has 0 aliphatic heterocycles. The van der Waals surface area contributed by atoms with Gasteiger partial charge in [-0.2, -0.15) is 0 Å². The van der Waals surface area contributed by atoms with Crippen molar-refractivity contribution in [2.45, 2.75) is 39.4 Å². The number of nitrogens with zero attached hydrogens (tertiary/aromatic N) is 1. The van der Waals surface area contributed by atoms with Gasteiger partial charge < -0.3 is 11.1 Å². The third kappa shape index (κ3) is 5.85. The molecule has 0 heterocycles. The van der Waals surface area contributed by atoms with Crippen LogP contribution in [0.3, 0.4) is 0 Å². The predicted octanol–water partition coefficient (Wildman–Crippen LogP) is 1.49. The van der Waals surface area contributed by atoms with Crippen molar-refractivity contribution in [3.8, 4) is 0 Å². The Morgan fingerprint density at radius 2 is 1.89 bits per heavy atom. The zero-order chi connectivity index (χ0) is 14.3. The molecule has 0 bridgehead atoms. The Labute approximate surface area is 116 Å². The lowest BCUT2D eigenvalue weighted by Gasteiger charge is -2.18. The van der Waals surface area contributed by atoms with Gasteiger partial charge in [-0.15, -0.1) is 0 Å². The molecule has 0 spiro atoms. The van der Waals surface area contributed by atoms with E-state index in [1.807, 2.05) is 31.0 Å². The first-order chi connectivity index (χ1) is 9.05. The molecular weight excluding hydrogens is 238 g/mol. The second-order valence-electron chi connectivity index (χ2n) is 5.07. The third-order valence-corrected chi connectivity index (χ3v) is 3.14. The van der Waals surface area contributed by atoms with Crippen LogP contribution in [0.15, 0.2) is 24.3 Å². The lowest BCUT2D eigenvalue weighted by molar-refractivity contribution is -0.122. The molecule has 0 saturated carbocycles. The van der Waals surface area contributed by atoms with Crippen molar-refractivity contribution < 1.29 is 4.79 Å². The van der Waals surface area contributed by atoms with Crippen molar-refractivity contribution >= 4 is 5.91 Å². The molecule has 1 aromatic rings. The maximum Gasteiger partial charge on any atom is 0.234 e. The maximum absolute atomic E-state index is 11.7. The highest BCUT2D eigenvalue weighted by Crippen LogP contribution is 2.06. The summed E-state index contributed by atoms with van der Waals surface area (Å²) in [6, 6.07) is 8.42. The molecule has 0 aliphatic rings. The summed E-state index contributed by atoms with van der Waals surface area (Å²) in [4.78, 5) is 13.8. The fourth-order valence-corrected chi connectivity index (χ4v) is 1.82. The van der Waals surface area contributed by atoms with Crippen LogP contribution in [0.5, 0.6) is 0 Å². The minimum Gasteiger partial charge on any atom is -0.353 e. The topological polar surface area (TPSA) is 58.4 Å². The first-order valence-electron chi connectivity index (χ1n) is 6.81. The molecule has 0 radical (unpaired) electrons. The molecule has 0 aliphatic carbocycles. The molecule has 0 fully saturated rings. The standard InChI is InChI=1S/C15H25N3O/c1-4-12(2)17-15(19)11-18(3)10-14-7-5-13(9-16)6-8-14/h5-8,12H,4,9-11,16H2,1-3H3,(H,17,19). The summed E-state index contributed by atoms with van der Waals surface area (Å²) in [5.41, 5.74) is 7.88. The fourth-order valence-electron chi connectivity index (χ4n) is 1.82. The molecule has 0 saturated heterocycles. The Bertz CT molecular complexity index is 389. The number of rotatable bonds is 7. The van der Waals surface area contributed by atoms with Gasteiger partial charge in [-0.25, -0.2) is 0 Å². The minimum atomic E-state index is 0.0791. The monoisotopic (exact) mass is 263 g/mol. The van der Waals surface area contributed by atoms with Crippen LogP contribution in [0.25, 0.3) is 0 Å².